The molecule has 0 rings (SSSR count). The Hall–Kier alpha value is -0.460. The Morgan fingerprint density at radius 3 is 2.33 bits per heavy atom. The minimum atomic E-state index is -2.30. The molecule has 54 valence electrons. The van der Waals surface area contributed by atoms with Crippen molar-refractivity contribution in [1.82, 2.24) is 5.32 Å². The third kappa shape index (κ3) is 4.07. The molecule has 0 radical (unpaired) electrons. The van der Waals surface area contributed by atoms with Gasteiger partial charge < -0.3 is 15.9 Å². The Labute approximate surface area is 57.3 Å². The van der Waals surface area contributed by atoms with E-state index < -0.39 is 11.9 Å². The van der Waals surface area contributed by atoms with Crippen molar-refractivity contribution in [2.24, 2.45) is 5.73 Å². The lowest BCUT2D eigenvalue weighted by Gasteiger charge is -2.18. The molecule has 0 aromatic heterocycles. The number of urea groups is 1. The lowest BCUT2D eigenvalue weighted by Crippen LogP contribution is -2.52. The van der Waals surface area contributed by atoms with Crippen LogP contribution in [0.15, 0.2) is 0 Å². The van der Waals surface area contributed by atoms with Gasteiger partial charge in [0.25, 0.3) is 5.91 Å². The average Bonchev–Trinajstić information content (AvgIpc) is 1.63. The quantitative estimate of drug-likeness (QED) is 0.239. The molecule has 0 fully saturated rings. The van der Waals surface area contributed by atoms with Crippen molar-refractivity contribution in [2.45, 2.75) is 5.91 Å². The van der Waals surface area contributed by atoms with Gasteiger partial charge in [-0.2, -0.15) is 12.6 Å². The largest absolute Gasteiger partial charge is 0.352 e. The number of amides is 2. The second-order valence-electron chi connectivity index (χ2n) is 1.46. The van der Waals surface area contributed by atoms with Gasteiger partial charge in [0.15, 0.2) is 0 Å². The lowest BCUT2D eigenvalue weighted by molar-refractivity contribution is -0.154. The molecule has 0 aliphatic heterocycles. The zero-order chi connectivity index (χ0) is 7.49. The summed E-state index contributed by atoms with van der Waals surface area (Å²) in [4.78, 5) is 9.93. The normalized spacial score (nSPS) is 11.0. The minimum Gasteiger partial charge on any atom is -0.352 e. The van der Waals surface area contributed by atoms with Crippen LogP contribution in [0.2, 0.25) is 0 Å². The summed E-state index contributed by atoms with van der Waals surface area (Å²) in [6.07, 6.45) is 0. The van der Waals surface area contributed by atoms with Gasteiger partial charge in [-0.05, 0) is 0 Å². The highest BCUT2D eigenvalue weighted by molar-refractivity contribution is 7.80. The van der Waals surface area contributed by atoms with Gasteiger partial charge in [-0.1, -0.05) is 0 Å². The van der Waals surface area contributed by atoms with Crippen LogP contribution >= 0.6 is 12.6 Å². The summed E-state index contributed by atoms with van der Waals surface area (Å²) in [5.41, 5.74) is 4.55. The van der Waals surface area contributed by atoms with Crippen LogP contribution in [-0.4, -0.2) is 27.9 Å². The number of primary amides is 1. The van der Waals surface area contributed by atoms with E-state index in [1.54, 1.807) is 5.32 Å². The molecule has 5 nitrogen and oxygen atoms in total. The summed E-state index contributed by atoms with van der Waals surface area (Å²) >= 11 is 3.51. The standard InChI is InChI=1S/C3H8N2O3S/c4-2(6)5-3(7,8)1-9/h7-9H,1H2,(H3,4,5,6). The zero-order valence-electron chi connectivity index (χ0n) is 4.53. The zero-order valence-corrected chi connectivity index (χ0v) is 5.43. The van der Waals surface area contributed by atoms with E-state index in [0.29, 0.717) is 0 Å². The summed E-state index contributed by atoms with van der Waals surface area (Å²) in [6, 6.07) is -1.01. The maximum atomic E-state index is 9.93. The first-order valence-electron chi connectivity index (χ1n) is 2.11. The number of hydrogen-bond donors (Lipinski definition) is 5. The molecule has 0 aromatic rings. The molecule has 0 heterocycles. The molecule has 0 aliphatic rings. The Morgan fingerprint density at radius 1 is 1.78 bits per heavy atom. The third-order valence-electron chi connectivity index (χ3n) is 0.544. The number of hydrogen-bond acceptors (Lipinski definition) is 4. The maximum absolute atomic E-state index is 9.93. The van der Waals surface area contributed by atoms with E-state index in [4.69, 9.17) is 10.2 Å². The van der Waals surface area contributed by atoms with Crippen molar-refractivity contribution < 1.29 is 15.0 Å². The highest BCUT2D eigenvalue weighted by atomic mass is 32.1. The Kier molecular flexibility index (Phi) is 2.75. The number of nitrogens with two attached hydrogens (primary N) is 1. The van der Waals surface area contributed by atoms with Crippen LogP contribution in [0.25, 0.3) is 0 Å². The lowest BCUT2D eigenvalue weighted by atomic mass is 10.5. The molecular formula is C3H8N2O3S. The maximum Gasteiger partial charge on any atom is 0.316 e. The molecule has 6 heteroatoms. The molecule has 0 bridgehead atoms. The second-order valence-corrected chi connectivity index (χ2v) is 1.78. The predicted octanol–water partition coefficient (Wildman–Crippen LogP) is -1.78. The van der Waals surface area contributed by atoms with Crippen LogP contribution in [0.5, 0.6) is 0 Å². The van der Waals surface area contributed by atoms with E-state index in [-0.39, 0.29) is 5.75 Å². The smallest absolute Gasteiger partial charge is 0.316 e. The fourth-order valence-corrected chi connectivity index (χ4v) is 0.316. The molecule has 0 unspecified atom stereocenters. The number of rotatable bonds is 2. The van der Waals surface area contributed by atoms with Crippen LogP contribution < -0.4 is 11.1 Å². The van der Waals surface area contributed by atoms with Crippen molar-refractivity contribution in [2.75, 3.05) is 5.75 Å². The predicted molar refractivity (Wildman–Crippen MR) is 33.7 cm³/mol. The molecule has 0 aromatic carbocycles. The second kappa shape index (κ2) is 2.90. The van der Waals surface area contributed by atoms with Crippen molar-refractivity contribution >= 4 is 18.7 Å². The molecule has 0 saturated carbocycles. The summed E-state index contributed by atoms with van der Waals surface area (Å²) in [5.74, 6) is -2.61. The van der Waals surface area contributed by atoms with Crippen LogP contribution in [0, 0.1) is 0 Å². The molecule has 0 aliphatic carbocycles. The fourth-order valence-electron chi connectivity index (χ4n) is 0.237. The first kappa shape index (κ1) is 8.54. The van der Waals surface area contributed by atoms with Gasteiger partial charge in [0.1, 0.15) is 0 Å². The molecule has 2 amide bonds. The van der Waals surface area contributed by atoms with E-state index in [0.717, 1.165) is 0 Å². The number of nitrogens with one attached hydrogen (secondary N) is 1. The van der Waals surface area contributed by atoms with Gasteiger partial charge in [0.2, 0.25) is 0 Å². The van der Waals surface area contributed by atoms with Crippen LogP contribution in [-0.2, 0) is 0 Å². The van der Waals surface area contributed by atoms with E-state index in [9.17, 15) is 4.79 Å². The average molecular weight is 152 g/mol. The summed E-state index contributed by atoms with van der Waals surface area (Å²) in [5, 5.41) is 18.8. The van der Waals surface area contributed by atoms with Crippen LogP contribution in [0.3, 0.4) is 0 Å². The molecule has 5 N–H and O–H groups in total. The number of aliphatic hydroxyl groups is 2. The van der Waals surface area contributed by atoms with Gasteiger partial charge in [-0.3, -0.25) is 5.32 Å². The van der Waals surface area contributed by atoms with E-state index in [1.165, 1.54) is 0 Å². The van der Waals surface area contributed by atoms with E-state index in [1.807, 2.05) is 0 Å². The van der Waals surface area contributed by atoms with Crippen molar-refractivity contribution in [3.8, 4) is 0 Å². The number of carbonyl (C=O) groups excluding carboxylic acids is 1. The van der Waals surface area contributed by atoms with Crippen LogP contribution in [0.4, 0.5) is 4.79 Å². The van der Waals surface area contributed by atoms with Gasteiger partial charge >= 0.3 is 6.03 Å². The Morgan fingerprint density at radius 2 is 2.22 bits per heavy atom. The van der Waals surface area contributed by atoms with Gasteiger partial charge in [0.05, 0.1) is 5.75 Å². The monoisotopic (exact) mass is 152 g/mol. The summed E-state index contributed by atoms with van der Waals surface area (Å²) in [7, 11) is 0. The summed E-state index contributed by atoms with van der Waals surface area (Å²) in [6.45, 7) is 0. The molecule has 0 atom stereocenters. The Balaban J connectivity index is 3.71. The Bertz CT molecular complexity index is 116. The molecule has 9 heavy (non-hydrogen) atoms. The van der Waals surface area contributed by atoms with Gasteiger partial charge in [-0.25, -0.2) is 4.79 Å². The first-order chi connectivity index (χ1) is 3.98. The molecule has 0 spiro atoms. The van der Waals surface area contributed by atoms with E-state index >= 15 is 0 Å². The van der Waals surface area contributed by atoms with Gasteiger partial charge in [0, 0.05) is 0 Å². The van der Waals surface area contributed by atoms with Crippen molar-refractivity contribution in [3.05, 3.63) is 0 Å². The topological polar surface area (TPSA) is 95.6 Å². The molecule has 0 saturated heterocycles. The fraction of sp³-hybridized carbons (Fsp3) is 0.667. The minimum absolute atomic E-state index is 0.310. The summed E-state index contributed by atoms with van der Waals surface area (Å²) < 4.78 is 0. The first-order valence-corrected chi connectivity index (χ1v) is 2.74. The highest BCUT2D eigenvalue weighted by Crippen LogP contribution is 1.94. The van der Waals surface area contributed by atoms with Crippen molar-refractivity contribution in [3.63, 3.8) is 0 Å². The highest BCUT2D eigenvalue weighted by Gasteiger charge is 2.21. The number of carbonyl (C=O) groups is 1. The van der Waals surface area contributed by atoms with Crippen LogP contribution in [0.1, 0.15) is 0 Å². The van der Waals surface area contributed by atoms with Gasteiger partial charge in [-0.15, -0.1) is 0 Å². The SMILES string of the molecule is NC(=O)NC(O)(O)CS. The number of thiol groups is 1. The van der Waals surface area contributed by atoms with E-state index in [2.05, 4.69) is 18.4 Å². The van der Waals surface area contributed by atoms with Crippen molar-refractivity contribution in [1.29, 1.82) is 0 Å². The third-order valence-corrected chi connectivity index (χ3v) is 0.985. The molecular weight excluding hydrogens is 144 g/mol.